The maximum atomic E-state index is 11.1. The van der Waals surface area contributed by atoms with Crippen LogP contribution in [0.2, 0.25) is 0 Å². The smallest absolute Gasteiger partial charge is 0.354 e. The van der Waals surface area contributed by atoms with Gasteiger partial charge in [0.05, 0.1) is 19.2 Å². The molecule has 1 aromatic carbocycles. The van der Waals surface area contributed by atoms with Crippen molar-refractivity contribution in [1.82, 2.24) is 4.98 Å². The van der Waals surface area contributed by atoms with Gasteiger partial charge in [-0.3, -0.25) is 0 Å². The fourth-order valence-corrected chi connectivity index (χ4v) is 1.94. The number of nitrogens with zero attached hydrogens (tertiary/aromatic N) is 1. The average Bonchev–Trinajstić information content (AvgIpc) is 2.39. The van der Waals surface area contributed by atoms with Crippen LogP contribution in [-0.2, 0) is 0 Å². The van der Waals surface area contributed by atoms with E-state index in [0.29, 0.717) is 23.6 Å². The summed E-state index contributed by atoms with van der Waals surface area (Å²) in [5.74, 6) is 0.126. The normalized spacial score (nSPS) is 10.5. The zero-order chi connectivity index (χ0) is 14.0. The highest BCUT2D eigenvalue weighted by Crippen LogP contribution is 2.31. The minimum atomic E-state index is -1.07. The number of carboxylic acids is 1. The SMILES string of the molecule is CCOc1cc(C(=O)O)nc2c(C)cc(OC)cc12. The van der Waals surface area contributed by atoms with E-state index < -0.39 is 5.97 Å². The Hall–Kier alpha value is -2.30. The third kappa shape index (κ3) is 2.45. The van der Waals surface area contributed by atoms with Gasteiger partial charge in [0.2, 0.25) is 0 Å². The molecule has 2 rings (SSSR count). The number of aromatic carboxylic acids is 1. The summed E-state index contributed by atoms with van der Waals surface area (Å²) in [5.41, 5.74) is 1.44. The van der Waals surface area contributed by atoms with Gasteiger partial charge in [-0.05, 0) is 31.5 Å². The molecular formula is C14H15NO4. The molecule has 0 fully saturated rings. The van der Waals surface area contributed by atoms with Crippen LogP contribution in [-0.4, -0.2) is 29.8 Å². The van der Waals surface area contributed by atoms with Gasteiger partial charge in [-0.25, -0.2) is 9.78 Å². The standard InChI is InChI=1S/C14H15NO4/c1-4-19-12-7-11(14(16)17)15-13-8(2)5-9(18-3)6-10(12)13/h5-7H,4H2,1-3H3,(H,16,17). The van der Waals surface area contributed by atoms with Gasteiger partial charge in [0, 0.05) is 11.5 Å². The Balaban J connectivity index is 2.78. The Bertz CT molecular complexity index is 637. The minimum absolute atomic E-state index is 0.0239. The predicted octanol–water partition coefficient (Wildman–Crippen LogP) is 2.65. The van der Waals surface area contributed by atoms with Crippen LogP contribution >= 0.6 is 0 Å². The van der Waals surface area contributed by atoms with E-state index in [1.54, 1.807) is 13.2 Å². The Kier molecular flexibility index (Phi) is 3.55. The molecule has 19 heavy (non-hydrogen) atoms. The van der Waals surface area contributed by atoms with Gasteiger partial charge >= 0.3 is 5.97 Å². The molecule has 0 aliphatic rings. The van der Waals surface area contributed by atoms with Crippen LogP contribution < -0.4 is 9.47 Å². The van der Waals surface area contributed by atoms with Crippen LogP contribution in [0.25, 0.3) is 10.9 Å². The van der Waals surface area contributed by atoms with E-state index in [4.69, 9.17) is 14.6 Å². The summed E-state index contributed by atoms with van der Waals surface area (Å²) in [4.78, 5) is 15.3. The maximum absolute atomic E-state index is 11.1. The topological polar surface area (TPSA) is 68.7 Å². The molecule has 0 atom stereocenters. The Morgan fingerprint density at radius 3 is 2.68 bits per heavy atom. The molecule has 100 valence electrons. The molecule has 5 heteroatoms. The molecular weight excluding hydrogens is 246 g/mol. The number of benzene rings is 1. The molecule has 0 aliphatic heterocycles. The highest BCUT2D eigenvalue weighted by Gasteiger charge is 2.14. The lowest BCUT2D eigenvalue weighted by atomic mass is 10.1. The van der Waals surface area contributed by atoms with Crippen LogP contribution in [0.4, 0.5) is 0 Å². The molecule has 5 nitrogen and oxygen atoms in total. The lowest BCUT2D eigenvalue weighted by molar-refractivity contribution is 0.0690. The lowest BCUT2D eigenvalue weighted by Crippen LogP contribution is -2.04. The number of pyridine rings is 1. The van der Waals surface area contributed by atoms with Crippen LogP contribution in [0, 0.1) is 6.92 Å². The number of aromatic nitrogens is 1. The minimum Gasteiger partial charge on any atom is -0.497 e. The zero-order valence-corrected chi connectivity index (χ0v) is 11.1. The molecule has 0 spiro atoms. The number of carbonyl (C=O) groups is 1. The first-order chi connectivity index (χ1) is 9.06. The van der Waals surface area contributed by atoms with Gasteiger partial charge in [-0.15, -0.1) is 0 Å². The number of hydrogen-bond donors (Lipinski definition) is 1. The number of rotatable bonds is 4. The Morgan fingerprint density at radius 2 is 2.11 bits per heavy atom. The summed E-state index contributed by atoms with van der Waals surface area (Å²) in [7, 11) is 1.58. The molecule has 0 unspecified atom stereocenters. The van der Waals surface area contributed by atoms with E-state index in [1.165, 1.54) is 6.07 Å². The van der Waals surface area contributed by atoms with E-state index in [1.807, 2.05) is 19.9 Å². The van der Waals surface area contributed by atoms with Crippen LogP contribution in [0.5, 0.6) is 11.5 Å². The van der Waals surface area contributed by atoms with E-state index in [2.05, 4.69) is 4.98 Å². The first-order valence-corrected chi connectivity index (χ1v) is 5.92. The number of ether oxygens (including phenoxy) is 2. The monoisotopic (exact) mass is 261 g/mol. The quantitative estimate of drug-likeness (QED) is 0.916. The van der Waals surface area contributed by atoms with Gasteiger partial charge < -0.3 is 14.6 Å². The molecule has 0 bridgehead atoms. The highest BCUT2D eigenvalue weighted by molar-refractivity contribution is 5.95. The molecule has 1 aromatic heterocycles. The zero-order valence-electron chi connectivity index (χ0n) is 11.1. The Labute approximate surface area is 110 Å². The van der Waals surface area contributed by atoms with Gasteiger partial charge in [0.1, 0.15) is 11.5 Å². The number of aryl methyl sites for hydroxylation is 1. The fraction of sp³-hybridized carbons (Fsp3) is 0.286. The predicted molar refractivity (Wildman–Crippen MR) is 71.2 cm³/mol. The third-order valence-corrected chi connectivity index (χ3v) is 2.79. The molecule has 0 saturated carbocycles. The molecule has 0 aliphatic carbocycles. The first kappa shape index (κ1) is 13.1. The summed E-state index contributed by atoms with van der Waals surface area (Å²) < 4.78 is 10.7. The number of hydrogen-bond acceptors (Lipinski definition) is 4. The van der Waals surface area contributed by atoms with E-state index in [-0.39, 0.29) is 5.69 Å². The van der Waals surface area contributed by atoms with Crippen molar-refractivity contribution in [2.45, 2.75) is 13.8 Å². The molecule has 0 saturated heterocycles. The van der Waals surface area contributed by atoms with Crippen molar-refractivity contribution >= 4 is 16.9 Å². The van der Waals surface area contributed by atoms with Crippen molar-refractivity contribution in [3.05, 3.63) is 29.5 Å². The highest BCUT2D eigenvalue weighted by atomic mass is 16.5. The number of methoxy groups -OCH3 is 1. The van der Waals surface area contributed by atoms with Crippen molar-refractivity contribution in [2.75, 3.05) is 13.7 Å². The van der Waals surface area contributed by atoms with Crippen molar-refractivity contribution in [3.63, 3.8) is 0 Å². The van der Waals surface area contributed by atoms with Crippen molar-refractivity contribution in [1.29, 1.82) is 0 Å². The van der Waals surface area contributed by atoms with E-state index >= 15 is 0 Å². The second-order valence-corrected chi connectivity index (χ2v) is 4.08. The molecule has 2 aromatic rings. The van der Waals surface area contributed by atoms with Gasteiger partial charge in [-0.2, -0.15) is 0 Å². The summed E-state index contributed by atoms with van der Waals surface area (Å²) in [6.07, 6.45) is 0. The van der Waals surface area contributed by atoms with E-state index in [0.717, 1.165) is 10.9 Å². The lowest BCUT2D eigenvalue weighted by Gasteiger charge is -2.11. The second-order valence-electron chi connectivity index (χ2n) is 4.08. The summed E-state index contributed by atoms with van der Waals surface area (Å²) in [5, 5.41) is 9.84. The summed E-state index contributed by atoms with van der Waals surface area (Å²) in [6.45, 7) is 4.16. The molecule has 0 radical (unpaired) electrons. The number of carboxylic acid groups (broad SMARTS) is 1. The van der Waals surface area contributed by atoms with Gasteiger partial charge in [0.15, 0.2) is 5.69 Å². The second kappa shape index (κ2) is 5.14. The molecule has 1 N–H and O–H groups in total. The summed E-state index contributed by atoms with van der Waals surface area (Å²) >= 11 is 0. The van der Waals surface area contributed by atoms with Crippen molar-refractivity contribution in [2.24, 2.45) is 0 Å². The Morgan fingerprint density at radius 1 is 1.37 bits per heavy atom. The van der Waals surface area contributed by atoms with Gasteiger partial charge in [-0.1, -0.05) is 0 Å². The average molecular weight is 261 g/mol. The van der Waals surface area contributed by atoms with Crippen LogP contribution in [0.15, 0.2) is 18.2 Å². The molecule has 0 amide bonds. The van der Waals surface area contributed by atoms with E-state index in [9.17, 15) is 4.79 Å². The maximum Gasteiger partial charge on any atom is 0.354 e. The molecule has 1 heterocycles. The number of fused-ring (bicyclic) bond motifs is 1. The van der Waals surface area contributed by atoms with Gasteiger partial charge in [0.25, 0.3) is 0 Å². The van der Waals surface area contributed by atoms with Crippen LogP contribution in [0.3, 0.4) is 0 Å². The van der Waals surface area contributed by atoms with Crippen molar-refractivity contribution in [3.8, 4) is 11.5 Å². The van der Waals surface area contributed by atoms with Crippen LogP contribution in [0.1, 0.15) is 23.0 Å². The largest absolute Gasteiger partial charge is 0.497 e. The summed E-state index contributed by atoms with van der Waals surface area (Å²) in [6, 6.07) is 5.05. The third-order valence-electron chi connectivity index (χ3n) is 2.79. The fourth-order valence-electron chi connectivity index (χ4n) is 1.94. The first-order valence-electron chi connectivity index (χ1n) is 5.92. The van der Waals surface area contributed by atoms with Crippen molar-refractivity contribution < 1.29 is 19.4 Å².